The van der Waals surface area contributed by atoms with Crippen LogP contribution in [0.4, 0.5) is 11.5 Å². The summed E-state index contributed by atoms with van der Waals surface area (Å²) in [5.41, 5.74) is 6.20. The van der Waals surface area contributed by atoms with Gasteiger partial charge in [-0.05, 0) is 86.2 Å². The Labute approximate surface area is 307 Å². The summed E-state index contributed by atoms with van der Waals surface area (Å²) in [6.07, 6.45) is 9.54. The Balaban J connectivity index is 0.750. The molecular formula is C41H42N8O4. The molecule has 1 N–H and O–H groups in total. The maximum atomic E-state index is 13.3. The van der Waals surface area contributed by atoms with Gasteiger partial charge < -0.3 is 14.4 Å². The van der Waals surface area contributed by atoms with E-state index >= 15 is 0 Å². The number of pyridine rings is 2. The van der Waals surface area contributed by atoms with Crippen LogP contribution in [0.3, 0.4) is 0 Å². The third kappa shape index (κ3) is 6.00. The molecule has 4 aliphatic heterocycles. The van der Waals surface area contributed by atoms with Gasteiger partial charge in [-0.2, -0.15) is 0 Å². The number of anilines is 2. The average Bonchev–Trinajstić information content (AvgIpc) is 3.62. The van der Waals surface area contributed by atoms with Gasteiger partial charge in [0, 0.05) is 98.9 Å². The number of piperidine rings is 2. The van der Waals surface area contributed by atoms with Crippen molar-refractivity contribution >= 4 is 56.9 Å². The van der Waals surface area contributed by atoms with Gasteiger partial charge in [0.05, 0.1) is 16.6 Å². The first-order chi connectivity index (χ1) is 25.8. The third-order valence-electron chi connectivity index (χ3n) is 11.8. The number of aromatic nitrogens is 3. The summed E-state index contributed by atoms with van der Waals surface area (Å²) in [5, 5.41) is 4.64. The molecule has 12 heteroatoms. The van der Waals surface area contributed by atoms with Crippen molar-refractivity contribution in [2.24, 2.45) is 13.0 Å². The molecule has 7 heterocycles. The number of hydrogen-bond acceptors (Lipinski definition) is 9. The first kappa shape index (κ1) is 33.2. The lowest BCUT2D eigenvalue weighted by Gasteiger charge is -2.38. The molecule has 2 aromatic carbocycles. The van der Waals surface area contributed by atoms with Crippen LogP contribution in [0.5, 0.6) is 0 Å². The highest BCUT2D eigenvalue weighted by molar-refractivity contribution is 6.23. The van der Waals surface area contributed by atoms with Crippen LogP contribution < -0.4 is 15.1 Å². The summed E-state index contributed by atoms with van der Waals surface area (Å²) in [7, 11) is 2.11. The van der Waals surface area contributed by atoms with Gasteiger partial charge in [0.15, 0.2) is 0 Å². The highest BCUT2D eigenvalue weighted by Gasteiger charge is 2.44. The summed E-state index contributed by atoms with van der Waals surface area (Å²) in [6, 6.07) is 17.5. The van der Waals surface area contributed by atoms with Crippen LogP contribution >= 0.6 is 0 Å². The van der Waals surface area contributed by atoms with Gasteiger partial charge in [0.1, 0.15) is 11.9 Å². The molecule has 3 saturated heterocycles. The van der Waals surface area contributed by atoms with E-state index in [1.54, 1.807) is 12.1 Å². The Morgan fingerprint density at radius 1 is 0.736 bits per heavy atom. The third-order valence-corrected chi connectivity index (χ3v) is 11.8. The zero-order chi connectivity index (χ0) is 36.2. The number of aryl methyl sites for hydroxylation is 1. The minimum atomic E-state index is -0.954. The Hall–Kier alpha value is -5.62. The average molecular weight is 711 g/mol. The Kier molecular flexibility index (Phi) is 8.41. The highest BCUT2D eigenvalue weighted by atomic mass is 16.2. The van der Waals surface area contributed by atoms with E-state index in [4.69, 9.17) is 4.98 Å². The molecule has 0 spiro atoms. The molecule has 12 nitrogen and oxygen atoms in total. The molecule has 53 heavy (non-hydrogen) atoms. The van der Waals surface area contributed by atoms with Gasteiger partial charge in [-0.1, -0.05) is 12.1 Å². The number of carbonyl (C=O) groups excluding carboxylic acids is 4. The van der Waals surface area contributed by atoms with E-state index in [1.165, 1.54) is 28.2 Å². The summed E-state index contributed by atoms with van der Waals surface area (Å²) in [4.78, 5) is 67.9. The second kappa shape index (κ2) is 13.4. The number of amides is 4. The number of fused-ring (bicyclic) bond motifs is 4. The number of hydrogen-bond donors (Lipinski definition) is 1. The van der Waals surface area contributed by atoms with Crippen LogP contribution in [0.1, 0.15) is 52.8 Å². The van der Waals surface area contributed by atoms with Crippen molar-refractivity contribution < 1.29 is 19.2 Å². The second-order valence-electron chi connectivity index (χ2n) is 14.8. The van der Waals surface area contributed by atoms with E-state index in [1.807, 2.05) is 24.7 Å². The van der Waals surface area contributed by atoms with Crippen molar-refractivity contribution in [2.45, 2.75) is 38.1 Å². The monoisotopic (exact) mass is 710 g/mol. The van der Waals surface area contributed by atoms with Gasteiger partial charge in [-0.3, -0.25) is 39.3 Å². The second-order valence-corrected chi connectivity index (χ2v) is 14.8. The molecule has 9 rings (SSSR count). The van der Waals surface area contributed by atoms with E-state index < -0.39 is 23.8 Å². The lowest BCUT2D eigenvalue weighted by atomic mass is 9.93. The Morgan fingerprint density at radius 2 is 1.53 bits per heavy atom. The van der Waals surface area contributed by atoms with E-state index in [2.05, 4.69) is 73.0 Å². The number of nitrogens with one attached hydrogen (secondary N) is 1. The van der Waals surface area contributed by atoms with E-state index in [0.29, 0.717) is 17.0 Å². The van der Waals surface area contributed by atoms with E-state index in [-0.39, 0.29) is 18.7 Å². The maximum Gasteiger partial charge on any atom is 0.262 e. The molecule has 4 aliphatic rings. The van der Waals surface area contributed by atoms with Gasteiger partial charge in [0.2, 0.25) is 11.8 Å². The van der Waals surface area contributed by atoms with Crippen LogP contribution in [-0.2, 0) is 16.6 Å². The molecule has 0 bridgehead atoms. The fourth-order valence-corrected chi connectivity index (χ4v) is 8.68. The zero-order valence-corrected chi connectivity index (χ0v) is 29.8. The largest absolute Gasteiger partial charge is 0.369 e. The van der Waals surface area contributed by atoms with E-state index in [0.717, 1.165) is 86.2 Å². The molecule has 3 fully saturated rings. The van der Waals surface area contributed by atoms with Gasteiger partial charge >= 0.3 is 0 Å². The minimum Gasteiger partial charge on any atom is -0.369 e. The Morgan fingerprint density at radius 3 is 2.30 bits per heavy atom. The molecule has 0 saturated carbocycles. The van der Waals surface area contributed by atoms with Crippen LogP contribution in [0.2, 0.25) is 0 Å². The fourth-order valence-electron chi connectivity index (χ4n) is 8.68. The predicted molar refractivity (Wildman–Crippen MR) is 203 cm³/mol. The first-order valence-electron chi connectivity index (χ1n) is 18.7. The van der Waals surface area contributed by atoms with Crippen molar-refractivity contribution in [3.8, 4) is 11.1 Å². The lowest BCUT2D eigenvalue weighted by Crippen LogP contribution is -2.54. The van der Waals surface area contributed by atoms with Crippen molar-refractivity contribution in [3.05, 3.63) is 84.3 Å². The summed E-state index contributed by atoms with van der Waals surface area (Å²) in [5.74, 6) is -0.173. The zero-order valence-electron chi connectivity index (χ0n) is 29.8. The van der Waals surface area contributed by atoms with Crippen LogP contribution in [0.25, 0.3) is 32.9 Å². The van der Waals surface area contributed by atoms with Gasteiger partial charge in [-0.25, -0.2) is 4.98 Å². The fraction of sp³-hybridized carbons (Fsp3) is 0.366. The van der Waals surface area contributed by atoms with Gasteiger partial charge in [-0.15, -0.1) is 0 Å². The SMILES string of the molecule is Cn1c2ccncc2c2ccc(-c3ccc(N4CCC(CCN5CCN(c6ccc7c(c6)C(=O)N(C6CCC(=O)NC6=O)C7=O)CC5)CC4)nc3)cc21. The number of imide groups is 2. The smallest absolute Gasteiger partial charge is 0.262 e. The maximum absolute atomic E-state index is 13.3. The van der Waals surface area contributed by atoms with Crippen molar-refractivity contribution in [3.63, 3.8) is 0 Å². The molecule has 0 radical (unpaired) electrons. The van der Waals surface area contributed by atoms with Crippen molar-refractivity contribution in [1.82, 2.24) is 29.7 Å². The highest BCUT2D eigenvalue weighted by Crippen LogP contribution is 2.33. The van der Waals surface area contributed by atoms with E-state index in [9.17, 15) is 19.2 Å². The number of piperazine rings is 1. The van der Waals surface area contributed by atoms with Crippen LogP contribution in [0.15, 0.2) is 73.2 Å². The molecule has 1 atom stereocenters. The lowest BCUT2D eigenvalue weighted by molar-refractivity contribution is -0.136. The van der Waals surface area contributed by atoms with Crippen LogP contribution in [-0.4, -0.2) is 99.8 Å². The predicted octanol–water partition coefficient (Wildman–Crippen LogP) is 4.62. The first-order valence-corrected chi connectivity index (χ1v) is 18.7. The number of carbonyl (C=O) groups is 4. The minimum absolute atomic E-state index is 0.107. The van der Waals surface area contributed by atoms with Crippen LogP contribution in [0, 0.1) is 5.92 Å². The molecule has 3 aromatic heterocycles. The summed E-state index contributed by atoms with van der Waals surface area (Å²) < 4.78 is 2.23. The molecule has 0 aliphatic carbocycles. The standard InChI is InChI=1S/C41H42N8O4/c1-45-34-10-14-42-25-33(34)30-5-2-27(22-36(30)45)28-3-8-37(43-24-28)48-16-12-26(13-17-48)11-15-46-18-20-47(21-19-46)29-4-6-31-32(23-29)41(53)49(40(31)52)35-7-9-38(50)44-39(35)51/h2-6,8,10,14,22-26,35H,7,9,11-13,15-21H2,1H3,(H,44,50,51). The molecule has 5 aromatic rings. The molecular weight excluding hydrogens is 669 g/mol. The van der Waals surface area contributed by atoms with Gasteiger partial charge in [0.25, 0.3) is 11.8 Å². The topological polar surface area (TPSA) is 124 Å². The number of nitrogens with zero attached hydrogens (tertiary/aromatic N) is 7. The Bertz CT molecular complexity index is 2270. The molecule has 270 valence electrons. The summed E-state index contributed by atoms with van der Waals surface area (Å²) >= 11 is 0. The normalized spacial score (nSPS) is 20.2. The van der Waals surface area contributed by atoms with Crippen molar-refractivity contribution in [1.29, 1.82) is 0 Å². The number of benzene rings is 2. The molecule has 1 unspecified atom stereocenters. The summed E-state index contributed by atoms with van der Waals surface area (Å²) in [6.45, 7) is 6.65. The van der Waals surface area contributed by atoms with Crippen molar-refractivity contribution in [2.75, 3.05) is 55.6 Å². The molecule has 4 amide bonds. The quantitative estimate of drug-likeness (QED) is 0.241. The number of rotatable bonds is 7.